The first-order valence-corrected chi connectivity index (χ1v) is 11.5. The largest absolute Gasteiger partial charge is 0.465 e. The molecule has 8 nitrogen and oxygen atoms in total. The fraction of sp³-hybridized carbons (Fsp3) is 0.200. The minimum absolute atomic E-state index is 0.236. The van der Waals surface area contributed by atoms with E-state index in [0.717, 1.165) is 5.56 Å². The first kappa shape index (κ1) is 20.5. The maximum absolute atomic E-state index is 12.7. The third-order valence-electron chi connectivity index (χ3n) is 4.43. The number of carbonyl (C=O) groups is 1. The molecular formula is C20H19N3O5S2. The highest BCUT2D eigenvalue weighted by molar-refractivity contribution is 7.89. The second kappa shape index (κ2) is 8.92. The van der Waals surface area contributed by atoms with E-state index in [4.69, 9.17) is 9.15 Å². The molecule has 10 heteroatoms. The molecule has 0 aliphatic carbocycles. The third kappa shape index (κ3) is 4.68. The molecule has 0 spiro atoms. The highest BCUT2D eigenvalue weighted by Crippen LogP contribution is 2.27. The Bertz CT molecular complexity index is 1130. The molecule has 2 aromatic heterocycles. The molecule has 1 fully saturated rings. The van der Waals surface area contributed by atoms with Crippen molar-refractivity contribution in [3.8, 4) is 11.3 Å². The van der Waals surface area contributed by atoms with Crippen molar-refractivity contribution in [2.75, 3.05) is 31.6 Å². The van der Waals surface area contributed by atoms with Gasteiger partial charge in [-0.15, -0.1) is 11.3 Å². The van der Waals surface area contributed by atoms with E-state index in [1.54, 1.807) is 47.9 Å². The number of ether oxygens (including phenoxy) is 1. The maximum atomic E-state index is 12.7. The van der Waals surface area contributed by atoms with Crippen LogP contribution in [0.3, 0.4) is 0 Å². The molecule has 4 rings (SSSR count). The van der Waals surface area contributed by atoms with E-state index in [-0.39, 0.29) is 10.8 Å². The van der Waals surface area contributed by atoms with Gasteiger partial charge in [0.05, 0.1) is 30.1 Å². The van der Waals surface area contributed by atoms with E-state index in [2.05, 4.69) is 10.3 Å². The Hall–Kier alpha value is -2.79. The predicted octanol–water partition coefficient (Wildman–Crippen LogP) is 3.08. The predicted molar refractivity (Wildman–Crippen MR) is 113 cm³/mol. The van der Waals surface area contributed by atoms with Crippen LogP contribution in [0.1, 0.15) is 5.76 Å². The van der Waals surface area contributed by atoms with Gasteiger partial charge >= 0.3 is 0 Å². The van der Waals surface area contributed by atoms with Gasteiger partial charge in [0, 0.05) is 30.1 Å². The van der Waals surface area contributed by atoms with Crippen molar-refractivity contribution in [1.29, 1.82) is 0 Å². The molecule has 1 aromatic carbocycles. The molecule has 3 heterocycles. The summed E-state index contributed by atoms with van der Waals surface area (Å²) in [5, 5.41) is 4.95. The number of hydrogen-bond acceptors (Lipinski definition) is 7. The summed E-state index contributed by atoms with van der Waals surface area (Å²) in [6, 6.07) is 10.1. The first-order chi connectivity index (χ1) is 14.5. The van der Waals surface area contributed by atoms with Crippen molar-refractivity contribution < 1.29 is 22.4 Å². The summed E-state index contributed by atoms with van der Waals surface area (Å²) in [6.07, 6.45) is 4.46. The zero-order chi connectivity index (χ0) is 21.0. The number of carbonyl (C=O) groups excluding carboxylic acids is 1. The Labute approximate surface area is 177 Å². The quantitative estimate of drug-likeness (QED) is 0.585. The van der Waals surface area contributed by atoms with Gasteiger partial charge in [-0.25, -0.2) is 13.4 Å². The monoisotopic (exact) mass is 445 g/mol. The average Bonchev–Trinajstić information content (AvgIpc) is 3.45. The van der Waals surface area contributed by atoms with Gasteiger partial charge in [0.15, 0.2) is 5.13 Å². The number of amides is 1. The number of aromatic nitrogens is 1. The fourth-order valence-corrected chi connectivity index (χ4v) is 5.02. The van der Waals surface area contributed by atoms with Crippen LogP contribution in [-0.2, 0) is 19.6 Å². The van der Waals surface area contributed by atoms with Crippen molar-refractivity contribution in [2.45, 2.75) is 4.90 Å². The van der Waals surface area contributed by atoms with Gasteiger partial charge in [-0.2, -0.15) is 4.31 Å². The molecule has 0 bridgehead atoms. The van der Waals surface area contributed by atoms with Gasteiger partial charge in [-0.05, 0) is 30.3 Å². The van der Waals surface area contributed by atoms with E-state index in [1.165, 1.54) is 28.0 Å². The molecule has 30 heavy (non-hydrogen) atoms. The molecule has 3 aromatic rings. The molecule has 1 aliphatic heterocycles. The van der Waals surface area contributed by atoms with Crippen molar-refractivity contribution in [3.63, 3.8) is 0 Å². The summed E-state index contributed by atoms with van der Waals surface area (Å²) in [5.74, 6) is 0.261. The maximum Gasteiger partial charge on any atom is 0.250 e. The van der Waals surface area contributed by atoms with Gasteiger partial charge in [-0.1, -0.05) is 12.1 Å². The third-order valence-corrected chi connectivity index (χ3v) is 7.10. The lowest BCUT2D eigenvalue weighted by molar-refractivity contribution is -0.111. The van der Waals surface area contributed by atoms with Crippen LogP contribution in [0.15, 0.2) is 63.4 Å². The molecular weight excluding hydrogens is 426 g/mol. The lowest BCUT2D eigenvalue weighted by Crippen LogP contribution is -2.40. The second-order valence-electron chi connectivity index (χ2n) is 6.42. The smallest absolute Gasteiger partial charge is 0.250 e. The first-order valence-electron chi connectivity index (χ1n) is 9.19. The molecule has 1 N–H and O–H groups in total. The van der Waals surface area contributed by atoms with E-state index in [9.17, 15) is 13.2 Å². The Morgan fingerprint density at radius 1 is 1.17 bits per heavy atom. The van der Waals surface area contributed by atoms with Crippen LogP contribution >= 0.6 is 11.3 Å². The molecule has 0 unspecified atom stereocenters. The summed E-state index contributed by atoms with van der Waals surface area (Å²) in [5.41, 5.74) is 1.42. The van der Waals surface area contributed by atoms with Crippen molar-refractivity contribution in [3.05, 3.63) is 59.9 Å². The molecule has 0 radical (unpaired) electrons. The number of thiazole rings is 1. The van der Waals surface area contributed by atoms with E-state index in [1.807, 2.05) is 0 Å². The van der Waals surface area contributed by atoms with Gasteiger partial charge in [0.25, 0.3) is 0 Å². The molecule has 1 aliphatic rings. The number of nitrogens with zero attached hydrogens (tertiary/aromatic N) is 2. The summed E-state index contributed by atoms with van der Waals surface area (Å²) < 4.78 is 37.2. The van der Waals surface area contributed by atoms with E-state index >= 15 is 0 Å². The lowest BCUT2D eigenvalue weighted by Gasteiger charge is -2.26. The van der Waals surface area contributed by atoms with Crippen LogP contribution < -0.4 is 5.32 Å². The summed E-state index contributed by atoms with van der Waals surface area (Å²) in [7, 11) is -3.53. The molecule has 0 saturated carbocycles. The summed E-state index contributed by atoms with van der Waals surface area (Å²) in [4.78, 5) is 16.6. The molecule has 1 saturated heterocycles. The highest BCUT2D eigenvalue weighted by atomic mass is 32.2. The number of nitrogens with one attached hydrogen (secondary N) is 1. The standard InChI is InChI=1S/C20H19N3O5S2/c24-19(8-5-16-2-1-11-28-16)22-20-21-18(14-29-20)15-3-6-17(7-4-15)30(25,26)23-9-12-27-13-10-23/h1-8,11,14H,9-10,12-13H2,(H,21,22,24). The van der Waals surface area contributed by atoms with Gasteiger partial charge in [-0.3, -0.25) is 10.1 Å². The number of anilines is 1. The normalized spacial score (nSPS) is 15.5. The molecule has 1 amide bonds. The second-order valence-corrected chi connectivity index (χ2v) is 9.21. The van der Waals surface area contributed by atoms with Crippen LogP contribution in [-0.4, -0.2) is 49.9 Å². The zero-order valence-electron chi connectivity index (χ0n) is 15.9. The topological polar surface area (TPSA) is 102 Å². The van der Waals surface area contributed by atoms with Crippen LogP contribution in [0.25, 0.3) is 17.3 Å². The van der Waals surface area contributed by atoms with Crippen LogP contribution in [0.2, 0.25) is 0 Å². The van der Waals surface area contributed by atoms with Crippen molar-refractivity contribution in [2.24, 2.45) is 0 Å². The van der Waals surface area contributed by atoms with E-state index in [0.29, 0.717) is 42.9 Å². The Morgan fingerprint density at radius 3 is 2.63 bits per heavy atom. The SMILES string of the molecule is O=C(C=Cc1ccco1)Nc1nc(-c2ccc(S(=O)(=O)N3CCOCC3)cc2)cs1. The summed E-state index contributed by atoms with van der Waals surface area (Å²) >= 11 is 1.29. The number of hydrogen-bond donors (Lipinski definition) is 1. The minimum atomic E-state index is -3.53. The molecule has 0 atom stereocenters. The lowest BCUT2D eigenvalue weighted by atomic mass is 10.2. The average molecular weight is 446 g/mol. The van der Waals surface area contributed by atoms with Crippen molar-refractivity contribution >= 4 is 38.5 Å². The van der Waals surface area contributed by atoms with Crippen LogP contribution in [0, 0.1) is 0 Å². The highest BCUT2D eigenvalue weighted by Gasteiger charge is 2.26. The van der Waals surface area contributed by atoms with E-state index < -0.39 is 10.0 Å². The number of sulfonamides is 1. The van der Waals surface area contributed by atoms with Crippen LogP contribution in [0.4, 0.5) is 5.13 Å². The zero-order valence-corrected chi connectivity index (χ0v) is 17.5. The van der Waals surface area contributed by atoms with Crippen molar-refractivity contribution in [1.82, 2.24) is 9.29 Å². The molecule has 156 valence electrons. The summed E-state index contributed by atoms with van der Waals surface area (Å²) in [6.45, 7) is 1.52. The van der Waals surface area contributed by atoms with Gasteiger partial charge < -0.3 is 9.15 Å². The number of morpholine rings is 1. The minimum Gasteiger partial charge on any atom is -0.465 e. The Morgan fingerprint density at radius 2 is 1.93 bits per heavy atom. The van der Waals surface area contributed by atoms with Gasteiger partial charge in [0.1, 0.15) is 5.76 Å². The van der Waals surface area contributed by atoms with Crippen LogP contribution in [0.5, 0.6) is 0 Å². The Balaban J connectivity index is 1.42. The van der Waals surface area contributed by atoms with Gasteiger partial charge in [0.2, 0.25) is 15.9 Å². The number of rotatable bonds is 6. The number of benzene rings is 1. The Kier molecular flexibility index (Phi) is 6.09. The number of furan rings is 1. The fourth-order valence-electron chi connectivity index (χ4n) is 2.89.